The summed E-state index contributed by atoms with van der Waals surface area (Å²) in [5.74, 6) is -0.275. The molecule has 0 aromatic heterocycles. The van der Waals surface area contributed by atoms with Crippen LogP contribution >= 0.6 is 0 Å². The van der Waals surface area contributed by atoms with Gasteiger partial charge in [0.1, 0.15) is 0 Å². The van der Waals surface area contributed by atoms with Crippen LogP contribution in [0.1, 0.15) is 12.8 Å². The van der Waals surface area contributed by atoms with E-state index in [-0.39, 0.29) is 25.4 Å². The Bertz CT molecular complexity index is 159. The fourth-order valence-corrected chi connectivity index (χ4v) is 0.850. The standard InChI is InChI=1S/C5H7NO3.Zn/c7-4-2-1-3-6(4)5(8)9;/h1-3H2,(H,8,9);. The molecule has 0 aromatic carbocycles. The van der Waals surface area contributed by atoms with Gasteiger partial charge in [-0.1, -0.05) is 0 Å². The van der Waals surface area contributed by atoms with Crippen LogP contribution in [0.5, 0.6) is 0 Å². The van der Waals surface area contributed by atoms with Crippen molar-refractivity contribution in [2.45, 2.75) is 12.8 Å². The summed E-state index contributed by atoms with van der Waals surface area (Å²) < 4.78 is 0. The normalized spacial score (nSPS) is 16.8. The molecule has 52 valence electrons. The third kappa shape index (κ3) is 1.77. The molecule has 0 unspecified atom stereocenters. The molecule has 0 aliphatic carbocycles. The van der Waals surface area contributed by atoms with Gasteiger partial charge in [-0.3, -0.25) is 4.79 Å². The number of likely N-dealkylation sites (tertiary alicyclic amines) is 1. The predicted octanol–water partition coefficient (Wildman–Crippen LogP) is 0.284. The van der Waals surface area contributed by atoms with Gasteiger partial charge in [0.2, 0.25) is 5.91 Å². The van der Waals surface area contributed by atoms with Gasteiger partial charge in [-0.2, -0.15) is 0 Å². The number of hydrogen-bond acceptors (Lipinski definition) is 2. The quantitative estimate of drug-likeness (QED) is 0.564. The molecule has 10 heavy (non-hydrogen) atoms. The molecule has 0 aromatic rings. The zero-order chi connectivity index (χ0) is 6.85. The second-order valence-corrected chi connectivity index (χ2v) is 1.93. The molecule has 0 atom stereocenters. The summed E-state index contributed by atoms with van der Waals surface area (Å²) in [7, 11) is 0. The van der Waals surface area contributed by atoms with Gasteiger partial charge >= 0.3 is 6.09 Å². The van der Waals surface area contributed by atoms with Crippen LogP contribution in [0.2, 0.25) is 0 Å². The first-order valence-electron chi connectivity index (χ1n) is 2.75. The van der Waals surface area contributed by atoms with Gasteiger partial charge in [-0.05, 0) is 6.42 Å². The molecule has 1 fully saturated rings. The first kappa shape index (κ1) is 9.56. The molecule has 0 bridgehead atoms. The molecule has 0 spiro atoms. The smallest absolute Gasteiger partial charge is 0.414 e. The first-order valence-corrected chi connectivity index (χ1v) is 2.75. The molecule has 0 saturated carbocycles. The summed E-state index contributed by atoms with van der Waals surface area (Å²) in [6.45, 7) is 0.369. The van der Waals surface area contributed by atoms with Crippen molar-refractivity contribution in [1.29, 1.82) is 0 Å². The fraction of sp³-hybridized carbons (Fsp3) is 0.600. The van der Waals surface area contributed by atoms with Crippen LogP contribution in [0.25, 0.3) is 0 Å². The molecule has 1 aliphatic heterocycles. The van der Waals surface area contributed by atoms with Crippen LogP contribution in [-0.2, 0) is 24.3 Å². The maximum absolute atomic E-state index is 10.6. The maximum atomic E-state index is 10.6. The molecule has 4 nitrogen and oxygen atoms in total. The number of carbonyl (C=O) groups is 2. The van der Waals surface area contributed by atoms with Crippen molar-refractivity contribution in [1.82, 2.24) is 4.90 Å². The van der Waals surface area contributed by atoms with Gasteiger partial charge in [0, 0.05) is 32.4 Å². The van der Waals surface area contributed by atoms with Gasteiger partial charge in [-0.25, -0.2) is 9.69 Å². The van der Waals surface area contributed by atoms with E-state index in [1.807, 2.05) is 0 Å². The van der Waals surface area contributed by atoms with Crippen molar-refractivity contribution in [3.8, 4) is 0 Å². The molecule has 1 N–H and O–H groups in total. The van der Waals surface area contributed by atoms with Crippen LogP contribution in [0.4, 0.5) is 4.79 Å². The summed E-state index contributed by atoms with van der Waals surface area (Å²) in [5, 5.41) is 8.29. The molecule has 2 amide bonds. The monoisotopic (exact) mass is 193 g/mol. The largest absolute Gasteiger partial charge is 0.465 e. The van der Waals surface area contributed by atoms with E-state index in [2.05, 4.69) is 0 Å². The van der Waals surface area contributed by atoms with E-state index in [0.29, 0.717) is 19.4 Å². The van der Waals surface area contributed by atoms with Gasteiger partial charge in [0.05, 0.1) is 0 Å². The van der Waals surface area contributed by atoms with Gasteiger partial charge in [-0.15, -0.1) is 0 Å². The molecular weight excluding hydrogens is 187 g/mol. The topological polar surface area (TPSA) is 57.6 Å². The number of imide groups is 1. The van der Waals surface area contributed by atoms with E-state index in [9.17, 15) is 9.59 Å². The molecule has 1 aliphatic rings. The van der Waals surface area contributed by atoms with Crippen molar-refractivity contribution in [2.24, 2.45) is 0 Å². The summed E-state index contributed by atoms with van der Waals surface area (Å²) in [4.78, 5) is 21.5. The molecule has 1 heterocycles. The minimum atomic E-state index is -1.13. The van der Waals surface area contributed by atoms with Crippen molar-refractivity contribution in [3.05, 3.63) is 0 Å². The van der Waals surface area contributed by atoms with Crippen LogP contribution in [-0.4, -0.2) is 28.6 Å². The number of carboxylic acid groups (broad SMARTS) is 1. The Morgan fingerprint density at radius 3 is 2.40 bits per heavy atom. The van der Waals surface area contributed by atoms with E-state index in [1.54, 1.807) is 0 Å². The first-order chi connectivity index (χ1) is 4.22. The summed E-state index contributed by atoms with van der Waals surface area (Å²) >= 11 is 0. The second-order valence-electron chi connectivity index (χ2n) is 1.93. The van der Waals surface area contributed by atoms with Gasteiger partial charge in [0.25, 0.3) is 0 Å². The number of rotatable bonds is 0. The zero-order valence-electron chi connectivity index (χ0n) is 5.54. The SMILES string of the molecule is O=C(O)N1CCCC1=O.[Zn]. The summed E-state index contributed by atoms with van der Waals surface area (Å²) in [6.07, 6.45) is -0.0743. The number of hydrogen-bond donors (Lipinski definition) is 1. The second kappa shape index (κ2) is 3.66. The minimum Gasteiger partial charge on any atom is -0.465 e. The van der Waals surface area contributed by atoms with Crippen molar-refractivity contribution >= 4 is 12.0 Å². The van der Waals surface area contributed by atoms with E-state index in [4.69, 9.17) is 5.11 Å². The molecule has 5 heteroatoms. The Balaban J connectivity index is 0.000000810. The number of carbonyl (C=O) groups excluding carboxylic acids is 1. The zero-order valence-corrected chi connectivity index (χ0v) is 8.51. The van der Waals surface area contributed by atoms with Gasteiger partial charge < -0.3 is 5.11 Å². The fourth-order valence-electron chi connectivity index (χ4n) is 0.850. The Morgan fingerprint density at radius 2 is 2.20 bits per heavy atom. The Labute approximate surface area is 71.0 Å². The number of nitrogens with zero attached hydrogens (tertiary/aromatic N) is 1. The van der Waals surface area contributed by atoms with Crippen LogP contribution in [0.15, 0.2) is 0 Å². The third-order valence-corrected chi connectivity index (χ3v) is 1.30. The average molecular weight is 195 g/mol. The minimum absolute atomic E-state index is 0. The molecule has 1 saturated heterocycles. The maximum Gasteiger partial charge on any atom is 0.414 e. The van der Waals surface area contributed by atoms with E-state index >= 15 is 0 Å². The third-order valence-electron chi connectivity index (χ3n) is 1.30. The van der Waals surface area contributed by atoms with E-state index in [0.717, 1.165) is 4.90 Å². The molecule has 1 rings (SSSR count). The predicted molar refractivity (Wildman–Crippen MR) is 29.0 cm³/mol. The van der Waals surface area contributed by atoms with E-state index < -0.39 is 6.09 Å². The van der Waals surface area contributed by atoms with Crippen LogP contribution in [0.3, 0.4) is 0 Å². The van der Waals surface area contributed by atoms with Crippen LogP contribution < -0.4 is 0 Å². The van der Waals surface area contributed by atoms with Crippen molar-refractivity contribution in [2.75, 3.05) is 6.54 Å². The summed E-state index contributed by atoms with van der Waals surface area (Å²) in [5.41, 5.74) is 0. The molecule has 0 radical (unpaired) electrons. The van der Waals surface area contributed by atoms with Crippen LogP contribution in [0, 0.1) is 0 Å². The average Bonchev–Trinajstić information content (AvgIpc) is 2.13. The van der Waals surface area contributed by atoms with Crippen molar-refractivity contribution < 1.29 is 34.2 Å². The Kier molecular flexibility index (Phi) is 3.50. The van der Waals surface area contributed by atoms with Crippen molar-refractivity contribution in [3.63, 3.8) is 0 Å². The molecular formula is C5H7NO3Zn. The Morgan fingerprint density at radius 1 is 1.60 bits per heavy atom. The summed E-state index contributed by atoms with van der Waals surface area (Å²) in [6, 6.07) is 0. The van der Waals surface area contributed by atoms with Gasteiger partial charge in [0.15, 0.2) is 0 Å². The Hall–Kier alpha value is -0.437. The number of amides is 2. The van der Waals surface area contributed by atoms with E-state index in [1.165, 1.54) is 0 Å².